The van der Waals surface area contributed by atoms with E-state index in [1.165, 1.54) is 37.8 Å². The fraction of sp³-hybridized carbons (Fsp3) is 0.688. The fourth-order valence-electron chi connectivity index (χ4n) is 3.13. The van der Waals surface area contributed by atoms with E-state index in [4.69, 9.17) is 0 Å². The Morgan fingerprint density at radius 3 is 2.63 bits per heavy atom. The first kappa shape index (κ1) is 14.8. The molecule has 1 unspecified atom stereocenters. The fourth-order valence-corrected chi connectivity index (χ4v) is 3.91. The Hall–Kier alpha value is -0.570. The molecule has 0 radical (unpaired) electrons. The molecule has 1 aromatic heterocycles. The third-order valence-corrected chi connectivity index (χ3v) is 5.68. The minimum absolute atomic E-state index is 0.614. The molecule has 106 valence electrons. The van der Waals surface area contributed by atoms with E-state index in [9.17, 15) is 0 Å². The average Bonchev–Trinajstić information content (AvgIpc) is 2.46. The molecule has 1 aliphatic carbocycles. The summed E-state index contributed by atoms with van der Waals surface area (Å²) < 4.78 is 2.27. The molecule has 0 aliphatic heterocycles. The third kappa shape index (κ3) is 3.50. The SMILES string of the molecule is CCC(C)C1CCC(N(Br)c2cccnc2C)CC1. The highest BCUT2D eigenvalue weighted by Crippen LogP contribution is 2.36. The van der Waals surface area contributed by atoms with Crippen LogP contribution in [0.5, 0.6) is 0 Å². The van der Waals surface area contributed by atoms with Crippen LogP contribution in [0.25, 0.3) is 0 Å². The zero-order chi connectivity index (χ0) is 13.8. The first-order chi connectivity index (χ1) is 9.13. The van der Waals surface area contributed by atoms with Crippen LogP contribution >= 0.6 is 16.1 Å². The number of nitrogens with zero attached hydrogens (tertiary/aromatic N) is 2. The lowest BCUT2D eigenvalue weighted by Gasteiger charge is -2.36. The van der Waals surface area contributed by atoms with E-state index in [2.05, 4.69) is 51.9 Å². The van der Waals surface area contributed by atoms with Gasteiger partial charge in [0.1, 0.15) is 0 Å². The smallest absolute Gasteiger partial charge is 0.0686 e. The summed E-state index contributed by atoms with van der Waals surface area (Å²) in [7, 11) is 0. The summed E-state index contributed by atoms with van der Waals surface area (Å²) in [4.78, 5) is 4.38. The van der Waals surface area contributed by atoms with Crippen molar-refractivity contribution in [3.63, 3.8) is 0 Å². The van der Waals surface area contributed by atoms with E-state index in [-0.39, 0.29) is 0 Å². The Morgan fingerprint density at radius 2 is 2.05 bits per heavy atom. The van der Waals surface area contributed by atoms with Gasteiger partial charge in [0, 0.05) is 28.4 Å². The second-order valence-corrected chi connectivity index (χ2v) is 6.64. The number of hydrogen-bond donors (Lipinski definition) is 0. The van der Waals surface area contributed by atoms with Crippen LogP contribution < -0.4 is 3.93 Å². The van der Waals surface area contributed by atoms with Crippen molar-refractivity contribution >= 4 is 21.8 Å². The molecule has 0 amide bonds. The minimum atomic E-state index is 0.614. The predicted molar refractivity (Wildman–Crippen MR) is 85.6 cm³/mol. The molecule has 1 heterocycles. The molecule has 19 heavy (non-hydrogen) atoms. The molecule has 1 fully saturated rings. The van der Waals surface area contributed by atoms with E-state index >= 15 is 0 Å². The first-order valence-corrected chi connectivity index (χ1v) is 8.21. The summed E-state index contributed by atoms with van der Waals surface area (Å²) in [5.41, 5.74) is 2.32. The number of hydrogen-bond acceptors (Lipinski definition) is 2. The van der Waals surface area contributed by atoms with Crippen molar-refractivity contribution in [3.05, 3.63) is 24.0 Å². The second-order valence-electron chi connectivity index (χ2n) is 5.87. The molecule has 3 heteroatoms. The lowest BCUT2D eigenvalue weighted by Crippen LogP contribution is -2.33. The van der Waals surface area contributed by atoms with Gasteiger partial charge in [-0.2, -0.15) is 0 Å². The first-order valence-electron chi connectivity index (χ1n) is 7.50. The molecular weight excluding hydrogens is 300 g/mol. The van der Waals surface area contributed by atoms with Crippen molar-refractivity contribution < 1.29 is 0 Å². The standard InChI is InChI=1S/C16H25BrN2/c1-4-12(2)14-7-9-15(10-8-14)19(17)16-6-5-11-18-13(16)3/h5-6,11-12,14-15H,4,7-10H2,1-3H3. The van der Waals surface area contributed by atoms with Crippen LogP contribution in [0.1, 0.15) is 51.6 Å². The van der Waals surface area contributed by atoms with Crippen molar-refractivity contribution in [2.75, 3.05) is 3.93 Å². The van der Waals surface area contributed by atoms with Gasteiger partial charge in [-0.15, -0.1) is 0 Å². The summed E-state index contributed by atoms with van der Waals surface area (Å²) in [6, 6.07) is 4.78. The highest BCUT2D eigenvalue weighted by atomic mass is 79.9. The van der Waals surface area contributed by atoms with Crippen LogP contribution in [0.15, 0.2) is 18.3 Å². The largest absolute Gasteiger partial charge is 0.304 e. The Bertz CT molecular complexity index is 399. The Labute approximate surface area is 125 Å². The maximum absolute atomic E-state index is 4.38. The summed E-state index contributed by atoms with van der Waals surface area (Å²) in [5, 5.41) is 0. The number of rotatable bonds is 4. The van der Waals surface area contributed by atoms with Crippen LogP contribution in [0, 0.1) is 18.8 Å². The van der Waals surface area contributed by atoms with Crippen molar-refractivity contribution in [1.29, 1.82) is 0 Å². The maximum atomic E-state index is 4.38. The molecule has 0 aromatic carbocycles. The second kappa shape index (κ2) is 6.74. The lowest BCUT2D eigenvalue weighted by atomic mass is 9.78. The van der Waals surface area contributed by atoms with E-state index in [0.29, 0.717) is 6.04 Å². The van der Waals surface area contributed by atoms with Gasteiger partial charge in [0.25, 0.3) is 0 Å². The molecule has 0 N–H and O–H groups in total. The van der Waals surface area contributed by atoms with E-state index in [1.54, 1.807) is 0 Å². The van der Waals surface area contributed by atoms with Gasteiger partial charge in [0.15, 0.2) is 0 Å². The molecule has 2 nitrogen and oxygen atoms in total. The van der Waals surface area contributed by atoms with Crippen molar-refractivity contribution in [3.8, 4) is 0 Å². The van der Waals surface area contributed by atoms with Gasteiger partial charge in [-0.1, -0.05) is 20.3 Å². The average molecular weight is 325 g/mol. The van der Waals surface area contributed by atoms with Gasteiger partial charge < -0.3 is 3.93 Å². The highest BCUT2D eigenvalue weighted by Gasteiger charge is 2.28. The molecule has 0 saturated heterocycles. The zero-order valence-electron chi connectivity index (χ0n) is 12.3. The van der Waals surface area contributed by atoms with Gasteiger partial charge in [-0.05, 0) is 56.6 Å². The Balaban J connectivity index is 1.96. The Kier molecular flexibility index (Phi) is 5.26. The number of aryl methyl sites for hydroxylation is 1. The summed E-state index contributed by atoms with van der Waals surface area (Å²) in [5.74, 6) is 1.81. The highest BCUT2D eigenvalue weighted by molar-refractivity contribution is 9.10. The van der Waals surface area contributed by atoms with Gasteiger partial charge in [0.2, 0.25) is 0 Å². The van der Waals surface area contributed by atoms with Crippen LogP contribution in [-0.4, -0.2) is 11.0 Å². The number of halogens is 1. The number of anilines is 1. The predicted octanol–water partition coefficient (Wildman–Crippen LogP) is 5.11. The van der Waals surface area contributed by atoms with E-state index < -0.39 is 0 Å². The molecule has 1 aliphatic rings. The summed E-state index contributed by atoms with van der Waals surface area (Å²) in [6.45, 7) is 6.79. The van der Waals surface area contributed by atoms with Crippen LogP contribution in [0.2, 0.25) is 0 Å². The minimum Gasteiger partial charge on any atom is -0.304 e. The quantitative estimate of drug-likeness (QED) is 0.715. The summed E-state index contributed by atoms with van der Waals surface area (Å²) >= 11 is 3.77. The normalized spacial score (nSPS) is 25.1. The maximum Gasteiger partial charge on any atom is 0.0686 e. The molecular formula is C16H25BrN2. The third-order valence-electron chi connectivity index (χ3n) is 4.72. The Morgan fingerprint density at radius 1 is 1.37 bits per heavy atom. The zero-order valence-corrected chi connectivity index (χ0v) is 13.9. The van der Waals surface area contributed by atoms with Crippen LogP contribution in [-0.2, 0) is 0 Å². The molecule has 1 saturated carbocycles. The van der Waals surface area contributed by atoms with Gasteiger partial charge in [0.05, 0.1) is 11.4 Å². The molecule has 1 atom stereocenters. The molecule has 0 spiro atoms. The van der Waals surface area contributed by atoms with E-state index in [1.807, 2.05) is 12.3 Å². The van der Waals surface area contributed by atoms with Gasteiger partial charge in [-0.3, -0.25) is 4.98 Å². The van der Waals surface area contributed by atoms with Crippen molar-refractivity contribution in [2.24, 2.45) is 11.8 Å². The van der Waals surface area contributed by atoms with Crippen LogP contribution in [0.3, 0.4) is 0 Å². The van der Waals surface area contributed by atoms with E-state index in [0.717, 1.165) is 17.5 Å². The molecule has 1 aromatic rings. The number of aromatic nitrogens is 1. The summed E-state index contributed by atoms with van der Waals surface area (Å²) in [6.07, 6.45) is 8.47. The molecule has 2 rings (SSSR count). The van der Waals surface area contributed by atoms with Crippen molar-refractivity contribution in [2.45, 2.75) is 58.9 Å². The van der Waals surface area contributed by atoms with Gasteiger partial charge >= 0.3 is 0 Å². The lowest BCUT2D eigenvalue weighted by molar-refractivity contribution is 0.244. The molecule has 0 bridgehead atoms. The van der Waals surface area contributed by atoms with Crippen molar-refractivity contribution in [1.82, 2.24) is 4.98 Å². The van der Waals surface area contributed by atoms with Gasteiger partial charge in [-0.25, -0.2) is 0 Å². The topological polar surface area (TPSA) is 16.1 Å². The monoisotopic (exact) mass is 324 g/mol. The number of pyridine rings is 1. The van der Waals surface area contributed by atoms with Crippen LogP contribution in [0.4, 0.5) is 5.69 Å².